The summed E-state index contributed by atoms with van der Waals surface area (Å²) in [5.41, 5.74) is 2.30. The molecule has 3 rings (SSSR count). The lowest BCUT2D eigenvalue weighted by Gasteiger charge is -2.34. The molecule has 214 valence electrons. The molecule has 0 radical (unpaired) electrons. The molecule has 0 fully saturated rings. The number of amides is 2. The Morgan fingerprint density at radius 1 is 0.950 bits per heavy atom. The van der Waals surface area contributed by atoms with Gasteiger partial charge in [-0.25, -0.2) is 17.2 Å². The minimum atomic E-state index is -4.08. The molecule has 7 nitrogen and oxygen atoms in total. The fourth-order valence-electron chi connectivity index (χ4n) is 4.29. The van der Waals surface area contributed by atoms with Crippen molar-refractivity contribution in [2.45, 2.75) is 45.7 Å². The van der Waals surface area contributed by atoms with Crippen LogP contribution in [0.2, 0.25) is 0 Å². The maximum atomic E-state index is 14.0. The highest BCUT2D eigenvalue weighted by Crippen LogP contribution is 2.23. The van der Waals surface area contributed by atoms with Crippen molar-refractivity contribution in [3.63, 3.8) is 0 Å². The van der Waals surface area contributed by atoms with Crippen molar-refractivity contribution >= 4 is 27.5 Å². The molecule has 0 unspecified atom stereocenters. The van der Waals surface area contributed by atoms with Gasteiger partial charge in [0.15, 0.2) is 11.6 Å². The van der Waals surface area contributed by atoms with Crippen LogP contribution in [-0.4, -0.2) is 50.5 Å². The number of unbranched alkanes of at least 4 members (excludes halogenated alkanes) is 1. The second-order valence-corrected chi connectivity index (χ2v) is 11.6. The van der Waals surface area contributed by atoms with Crippen LogP contribution >= 0.6 is 0 Å². The molecule has 0 aromatic heterocycles. The molecule has 40 heavy (non-hydrogen) atoms. The summed E-state index contributed by atoms with van der Waals surface area (Å²) in [6.45, 7) is 3.65. The van der Waals surface area contributed by atoms with Crippen LogP contribution in [0.4, 0.5) is 14.5 Å². The number of carbonyl (C=O) groups excluding carboxylic acids is 2. The zero-order chi connectivity index (χ0) is 29.3. The molecule has 0 bridgehead atoms. The number of nitrogens with zero attached hydrogens (tertiary/aromatic N) is 2. The molecule has 0 aliphatic rings. The maximum Gasteiger partial charge on any atom is 0.244 e. The predicted molar refractivity (Wildman–Crippen MR) is 152 cm³/mol. The van der Waals surface area contributed by atoms with Gasteiger partial charge in [0.2, 0.25) is 21.8 Å². The Hall–Kier alpha value is -3.79. The number of rotatable bonds is 13. The van der Waals surface area contributed by atoms with E-state index in [2.05, 4.69) is 5.32 Å². The van der Waals surface area contributed by atoms with Gasteiger partial charge < -0.3 is 10.2 Å². The maximum absolute atomic E-state index is 14.0. The summed E-state index contributed by atoms with van der Waals surface area (Å²) in [6, 6.07) is 18.3. The third kappa shape index (κ3) is 8.35. The van der Waals surface area contributed by atoms with E-state index in [0.717, 1.165) is 58.3 Å². The van der Waals surface area contributed by atoms with Crippen molar-refractivity contribution in [1.82, 2.24) is 10.2 Å². The molecule has 1 atom stereocenters. The van der Waals surface area contributed by atoms with E-state index in [9.17, 15) is 26.8 Å². The summed E-state index contributed by atoms with van der Waals surface area (Å²) in [5, 5.41) is 2.91. The zero-order valence-electron chi connectivity index (χ0n) is 22.9. The van der Waals surface area contributed by atoms with Crippen LogP contribution in [0.15, 0.2) is 72.8 Å². The Balaban J connectivity index is 2.05. The van der Waals surface area contributed by atoms with Gasteiger partial charge in [0, 0.05) is 25.6 Å². The number of carbonyl (C=O) groups is 2. The standard InChI is InChI=1S/C30H35F2N3O4S/c1-4-5-17-33-30(37)28(18-23-12-7-6-8-13-23)34(20-24-14-10-9-11-22(24)2)29(36)21-35(40(3,38)39)25-15-16-26(31)27(32)19-25/h6-16,19,28H,4-5,17-18,20-21H2,1-3H3,(H,33,37)/t28-/m0/s1. The quantitative estimate of drug-likeness (QED) is 0.304. The number of halogens is 2. The van der Waals surface area contributed by atoms with Crippen LogP contribution in [0.5, 0.6) is 0 Å². The van der Waals surface area contributed by atoms with E-state index in [1.54, 1.807) is 0 Å². The number of anilines is 1. The molecule has 1 N–H and O–H groups in total. The second kappa shape index (κ2) is 14.0. The Bertz CT molecular complexity index is 1420. The molecule has 2 amide bonds. The lowest BCUT2D eigenvalue weighted by atomic mass is 10.0. The SMILES string of the molecule is CCCCNC(=O)[C@H](Cc1ccccc1)N(Cc1ccccc1C)C(=O)CN(c1ccc(F)c(F)c1)S(C)(=O)=O. The molecular formula is C30H35F2N3O4S. The van der Waals surface area contributed by atoms with Gasteiger partial charge >= 0.3 is 0 Å². The van der Waals surface area contributed by atoms with E-state index in [0.29, 0.717) is 6.54 Å². The van der Waals surface area contributed by atoms with Crippen LogP contribution in [0.25, 0.3) is 0 Å². The van der Waals surface area contributed by atoms with E-state index < -0.39 is 40.2 Å². The van der Waals surface area contributed by atoms with E-state index in [1.165, 1.54) is 4.90 Å². The van der Waals surface area contributed by atoms with Crippen LogP contribution in [-0.2, 0) is 32.6 Å². The average Bonchev–Trinajstić information content (AvgIpc) is 2.91. The van der Waals surface area contributed by atoms with E-state index in [-0.39, 0.29) is 24.6 Å². The molecule has 0 heterocycles. The van der Waals surface area contributed by atoms with Gasteiger partial charge in [-0.1, -0.05) is 67.9 Å². The van der Waals surface area contributed by atoms with Crippen molar-refractivity contribution in [2.75, 3.05) is 23.7 Å². The Morgan fingerprint density at radius 3 is 2.25 bits per heavy atom. The topological polar surface area (TPSA) is 86.8 Å². The van der Waals surface area contributed by atoms with Gasteiger partial charge in [0.1, 0.15) is 12.6 Å². The number of benzene rings is 3. The van der Waals surface area contributed by atoms with Gasteiger partial charge in [0.05, 0.1) is 11.9 Å². The first-order valence-electron chi connectivity index (χ1n) is 13.1. The van der Waals surface area contributed by atoms with Gasteiger partial charge in [-0.3, -0.25) is 13.9 Å². The molecule has 3 aromatic rings. The van der Waals surface area contributed by atoms with Crippen molar-refractivity contribution in [3.05, 3.63) is 101 Å². The second-order valence-electron chi connectivity index (χ2n) is 9.67. The van der Waals surface area contributed by atoms with Gasteiger partial charge in [-0.2, -0.15) is 0 Å². The highest BCUT2D eigenvalue weighted by atomic mass is 32.2. The molecule has 0 aliphatic heterocycles. The third-order valence-corrected chi connectivity index (χ3v) is 7.71. The monoisotopic (exact) mass is 571 g/mol. The predicted octanol–water partition coefficient (Wildman–Crippen LogP) is 4.60. The van der Waals surface area contributed by atoms with Crippen molar-refractivity contribution in [1.29, 1.82) is 0 Å². The smallest absolute Gasteiger partial charge is 0.244 e. The van der Waals surface area contributed by atoms with E-state index >= 15 is 0 Å². The lowest BCUT2D eigenvalue weighted by molar-refractivity contribution is -0.140. The summed E-state index contributed by atoms with van der Waals surface area (Å²) < 4.78 is 53.8. The molecule has 0 saturated carbocycles. The van der Waals surface area contributed by atoms with Crippen LogP contribution in [0.1, 0.15) is 36.5 Å². The highest BCUT2D eigenvalue weighted by molar-refractivity contribution is 7.92. The molecule has 0 saturated heterocycles. The summed E-state index contributed by atoms with van der Waals surface area (Å²) >= 11 is 0. The molecule has 10 heteroatoms. The minimum Gasteiger partial charge on any atom is -0.354 e. The van der Waals surface area contributed by atoms with Crippen LogP contribution < -0.4 is 9.62 Å². The first kappa shape index (κ1) is 30.7. The Morgan fingerprint density at radius 2 is 1.62 bits per heavy atom. The van der Waals surface area contributed by atoms with Crippen molar-refractivity contribution in [3.8, 4) is 0 Å². The largest absolute Gasteiger partial charge is 0.354 e. The van der Waals surface area contributed by atoms with Gasteiger partial charge in [0.25, 0.3) is 0 Å². The number of hydrogen-bond acceptors (Lipinski definition) is 4. The summed E-state index contributed by atoms with van der Waals surface area (Å²) in [5.74, 6) is -3.41. The normalized spacial score (nSPS) is 12.0. The van der Waals surface area contributed by atoms with Gasteiger partial charge in [-0.15, -0.1) is 0 Å². The summed E-state index contributed by atoms with van der Waals surface area (Å²) in [4.78, 5) is 28.9. The third-order valence-electron chi connectivity index (χ3n) is 6.57. The first-order valence-corrected chi connectivity index (χ1v) is 14.9. The molecule has 0 aliphatic carbocycles. The summed E-state index contributed by atoms with van der Waals surface area (Å²) in [7, 11) is -4.08. The van der Waals surface area contributed by atoms with E-state index in [1.807, 2.05) is 68.4 Å². The van der Waals surface area contributed by atoms with E-state index in [4.69, 9.17) is 0 Å². The molecular weight excluding hydrogens is 536 g/mol. The van der Waals surface area contributed by atoms with Crippen LogP contribution in [0, 0.1) is 18.6 Å². The average molecular weight is 572 g/mol. The number of hydrogen-bond donors (Lipinski definition) is 1. The molecule has 0 spiro atoms. The molecule has 3 aromatic carbocycles. The van der Waals surface area contributed by atoms with Crippen molar-refractivity contribution < 1.29 is 26.8 Å². The lowest BCUT2D eigenvalue weighted by Crippen LogP contribution is -2.53. The highest BCUT2D eigenvalue weighted by Gasteiger charge is 2.33. The minimum absolute atomic E-state index is 0.0413. The first-order chi connectivity index (χ1) is 19.0. The summed E-state index contributed by atoms with van der Waals surface area (Å²) in [6.07, 6.45) is 2.70. The fraction of sp³-hybridized carbons (Fsp3) is 0.333. The van der Waals surface area contributed by atoms with Gasteiger partial charge in [-0.05, 0) is 42.2 Å². The number of aryl methyl sites for hydroxylation is 1. The Kier molecular flexibility index (Phi) is 10.8. The zero-order valence-corrected chi connectivity index (χ0v) is 23.8. The number of nitrogens with one attached hydrogen (secondary N) is 1. The van der Waals surface area contributed by atoms with Crippen molar-refractivity contribution in [2.24, 2.45) is 0 Å². The Labute approximate surface area is 234 Å². The number of sulfonamides is 1. The fourth-order valence-corrected chi connectivity index (χ4v) is 5.13. The van der Waals surface area contributed by atoms with Crippen LogP contribution in [0.3, 0.4) is 0 Å².